The second kappa shape index (κ2) is 4.81. The fourth-order valence-corrected chi connectivity index (χ4v) is 1.06. The predicted octanol–water partition coefficient (Wildman–Crippen LogP) is 3.32. The maximum atomic E-state index is 3.79. The Bertz CT molecular complexity index is 217. The molecule has 0 heterocycles. The van der Waals surface area contributed by atoms with Gasteiger partial charge in [-0.2, -0.15) is 0 Å². The molecule has 12 heavy (non-hydrogen) atoms. The predicted molar refractivity (Wildman–Crippen MR) is 55.8 cm³/mol. The first-order valence-corrected chi connectivity index (χ1v) is 4.21. The first-order chi connectivity index (χ1) is 5.54. The number of allylic oxidation sites excluding steroid dienone is 4. The Labute approximate surface area is 76.1 Å². The van der Waals surface area contributed by atoms with E-state index in [2.05, 4.69) is 45.4 Å². The van der Waals surface area contributed by atoms with E-state index in [1.54, 1.807) is 0 Å². The van der Waals surface area contributed by atoms with E-state index in [-0.39, 0.29) is 0 Å². The summed E-state index contributed by atoms with van der Waals surface area (Å²) >= 11 is 0. The monoisotopic (exact) mass is 165 g/mol. The molecule has 0 saturated heterocycles. The van der Waals surface area contributed by atoms with Crippen LogP contribution in [0.4, 0.5) is 0 Å². The van der Waals surface area contributed by atoms with Crippen LogP contribution in [0.1, 0.15) is 27.7 Å². The van der Waals surface area contributed by atoms with Gasteiger partial charge in [0, 0.05) is 18.4 Å². The van der Waals surface area contributed by atoms with Crippen LogP contribution in [-0.4, -0.2) is 11.9 Å². The quantitative estimate of drug-likeness (QED) is 0.580. The van der Waals surface area contributed by atoms with E-state index >= 15 is 0 Å². The second-order valence-electron chi connectivity index (χ2n) is 3.08. The maximum Gasteiger partial charge on any atom is 0.0385 e. The van der Waals surface area contributed by atoms with Crippen LogP contribution in [0.15, 0.2) is 35.7 Å². The summed E-state index contributed by atoms with van der Waals surface area (Å²) < 4.78 is 0. The van der Waals surface area contributed by atoms with Gasteiger partial charge in [-0.15, -0.1) is 0 Å². The van der Waals surface area contributed by atoms with Crippen LogP contribution in [0.2, 0.25) is 0 Å². The molecule has 0 spiro atoms. The number of likely N-dealkylation sites (N-methyl/N-ethyl adjacent to an activating group) is 1. The largest absolute Gasteiger partial charge is 0.349 e. The molecule has 0 fully saturated rings. The van der Waals surface area contributed by atoms with Gasteiger partial charge in [-0.3, -0.25) is 0 Å². The van der Waals surface area contributed by atoms with Crippen molar-refractivity contribution in [2.45, 2.75) is 27.7 Å². The van der Waals surface area contributed by atoms with Gasteiger partial charge in [0.2, 0.25) is 0 Å². The van der Waals surface area contributed by atoms with Crippen molar-refractivity contribution in [2.24, 2.45) is 0 Å². The normalized spacial score (nSPS) is 10.9. The van der Waals surface area contributed by atoms with E-state index in [9.17, 15) is 0 Å². The number of rotatable bonds is 3. The molecule has 0 bridgehead atoms. The molecule has 0 aromatic rings. The Kier molecular flexibility index (Phi) is 4.42. The summed E-state index contributed by atoms with van der Waals surface area (Å²) in [5.41, 5.74) is 3.71. The molecule has 0 rings (SSSR count). The van der Waals surface area contributed by atoms with Crippen LogP contribution in [0.25, 0.3) is 0 Å². The van der Waals surface area contributed by atoms with Gasteiger partial charge in [0.25, 0.3) is 0 Å². The Balaban J connectivity index is 4.79. The lowest BCUT2D eigenvalue weighted by Gasteiger charge is -2.22. The second-order valence-corrected chi connectivity index (χ2v) is 3.08. The highest BCUT2D eigenvalue weighted by Crippen LogP contribution is 2.14. The average Bonchev–Trinajstić information content (AvgIpc) is 2.03. The highest BCUT2D eigenvalue weighted by atomic mass is 15.1. The molecular weight excluding hydrogens is 146 g/mol. The first kappa shape index (κ1) is 11.0. The molecule has 0 radical (unpaired) electrons. The summed E-state index contributed by atoms with van der Waals surface area (Å²) in [5, 5.41) is 0. The molecule has 0 saturated carbocycles. The smallest absolute Gasteiger partial charge is 0.0385 e. The molecular formula is C11H19N. The van der Waals surface area contributed by atoms with Crippen LogP contribution in [0.5, 0.6) is 0 Å². The van der Waals surface area contributed by atoms with E-state index in [1.807, 2.05) is 13.0 Å². The zero-order chi connectivity index (χ0) is 9.72. The van der Waals surface area contributed by atoms with Crippen LogP contribution >= 0.6 is 0 Å². The molecule has 0 aromatic heterocycles. The van der Waals surface area contributed by atoms with Crippen LogP contribution in [0.3, 0.4) is 0 Å². The highest BCUT2D eigenvalue weighted by molar-refractivity contribution is 5.24. The third-order valence-electron chi connectivity index (χ3n) is 2.01. The minimum absolute atomic E-state index is 1.19. The number of nitrogens with zero attached hydrogens (tertiary/aromatic N) is 1. The van der Waals surface area contributed by atoms with Gasteiger partial charge in [0.1, 0.15) is 0 Å². The third kappa shape index (κ3) is 2.57. The van der Waals surface area contributed by atoms with Crippen molar-refractivity contribution in [3.05, 3.63) is 35.7 Å². The summed E-state index contributed by atoms with van der Waals surface area (Å²) in [6, 6.07) is 0. The van der Waals surface area contributed by atoms with E-state index in [0.717, 1.165) is 0 Å². The molecule has 0 N–H and O–H groups in total. The van der Waals surface area contributed by atoms with Gasteiger partial charge in [-0.05, 0) is 33.8 Å². The van der Waals surface area contributed by atoms with Gasteiger partial charge in [0.15, 0.2) is 0 Å². The summed E-state index contributed by atoms with van der Waals surface area (Å²) in [6.07, 6.45) is 3.98. The van der Waals surface area contributed by atoms with Gasteiger partial charge in [0.05, 0.1) is 0 Å². The molecule has 0 aliphatic carbocycles. The van der Waals surface area contributed by atoms with E-state index in [1.165, 1.54) is 17.0 Å². The number of hydrogen-bond donors (Lipinski definition) is 0. The lowest BCUT2D eigenvalue weighted by Crippen LogP contribution is -2.14. The lowest BCUT2D eigenvalue weighted by molar-refractivity contribution is 0.530. The van der Waals surface area contributed by atoms with E-state index < -0.39 is 0 Å². The molecule has 0 atom stereocenters. The first-order valence-electron chi connectivity index (χ1n) is 4.21. The Hall–Kier alpha value is -0.980. The van der Waals surface area contributed by atoms with Crippen molar-refractivity contribution in [3.8, 4) is 0 Å². The molecule has 0 aliphatic heterocycles. The maximum absolute atomic E-state index is 3.79. The summed E-state index contributed by atoms with van der Waals surface area (Å²) in [5.74, 6) is 0. The van der Waals surface area contributed by atoms with Crippen LogP contribution in [0, 0.1) is 0 Å². The van der Waals surface area contributed by atoms with Gasteiger partial charge >= 0.3 is 0 Å². The fourth-order valence-electron chi connectivity index (χ4n) is 1.06. The van der Waals surface area contributed by atoms with Crippen molar-refractivity contribution in [3.63, 3.8) is 0 Å². The Morgan fingerprint density at radius 3 is 2.00 bits per heavy atom. The van der Waals surface area contributed by atoms with Crippen LogP contribution in [-0.2, 0) is 0 Å². The molecule has 1 heteroatoms. The summed E-state index contributed by atoms with van der Waals surface area (Å²) in [7, 11) is 2.05. The summed E-state index contributed by atoms with van der Waals surface area (Å²) in [6.45, 7) is 12.1. The Morgan fingerprint density at radius 1 is 1.25 bits per heavy atom. The molecule has 1 nitrogen and oxygen atoms in total. The average molecular weight is 165 g/mol. The summed E-state index contributed by atoms with van der Waals surface area (Å²) in [4.78, 5) is 2.14. The van der Waals surface area contributed by atoms with Crippen molar-refractivity contribution < 1.29 is 0 Å². The van der Waals surface area contributed by atoms with Crippen molar-refractivity contribution >= 4 is 0 Å². The molecule has 0 aliphatic rings. The highest BCUT2D eigenvalue weighted by Gasteiger charge is 2.02. The topological polar surface area (TPSA) is 3.24 Å². The number of hydrogen-bond acceptors (Lipinski definition) is 1. The zero-order valence-corrected chi connectivity index (χ0v) is 8.81. The SMILES string of the molecule is C=CC(=C(C)C)N(C)/C(C)=C/C. The molecule has 68 valence electrons. The van der Waals surface area contributed by atoms with Crippen LogP contribution < -0.4 is 0 Å². The van der Waals surface area contributed by atoms with Crippen molar-refractivity contribution in [2.75, 3.05) is 7.05 Å². The third-order valence-corrected chi connectivity index (χ3v) is 2.01. The zero-order valence-electron chi connectivity index (χ0n) is 8.81. The lowest BCUT2D eigenvalue weighted by atomic mass is 10.2. The molecule has 0 unspecified atom stereocenters. The molecule has 0 aromatic carbocycles. The van der Waals surface area contributed by atoms with E-state index in [4.69, 9.17) is 0 Å². The fraction of sp³-hybridized carbons (Fsp3) is 0.455. The minimum Gasteiger partial charge on any atom is -0.349 e. The van der Waals surface area contributed by atoms with Gasteiger partial charge in [-0.25, -0.2) is 0 Å². The van der Waals surface area contributed by atoms with Gasteiger partial charge < -0.3 is 4.90 Å². The minimum atomic E-state index is 1.19. The standard InChI is InChI=1S/C11H19N/c1-7-10(5)12(6)11(8-2)9(3)4/h7-8H,2H2,1,3-6H3/b10-7+. The molecule has 0 amide bonds. The van der Waals surface area contributed by atoms with Crippen molar-refractivity contribution in [1.29, 1.82) is 0 Å². The van der Waals surface area contributed by atoms with Crippen molar-refractivity contribution in [1.82, 2.24) is 4.90 Å². The van der Waals surface area contributed by atoms with Gasteiger partial charge in [-0.1, -0.05) is 18.2 Å². The van der Waals surface area contributed by atoms with E-state index in [0.29, 0.717) is 0 Å². The Morgan fingerprint density at radius 2 is 1.75 bits per heavy atom.